The number of rotatable bonds is 6. The highest BCUT2D eigenvalue weighted by Crippen LogP contribution is 2.41. The van der Waals surface area contributed by atoms with Crippen LogP contribution in [0.2, 0.25) is 0 Å². The van der Waals surface area contributed by atoms with Gasteiger partial charge in [-0.05, 0) is 45.4 Å². The van der Waals surface area contributed by atoms with Crippen LogP contribution in [-0.4, -0.2) is 43.1 Å². The topological polar surface area (TPSA) is 88.1 Å². The van der Waals surface area contributed by atoms with Crippen LogP contribution in [0.25, 0.3) is 0 Å². The Morgan fingerprint density at radius 2 is 1.62 bits per heavy atom. The van der Waals surface area contributed by atoms with E-state index in [0.717, 1.165) is 13.2 Å². The lowest BCUT2D eigenvalue weighted by Gasteiger charge is -2.34. The molecule has 3 rings (SSSR count). The van der Waals surface area contributed by atoms with Crippen molar-refractivity contribution in [3.8, 4) is 0 Å². The van der Waals surface area contributed by atoms with E-state index >= 15 is 0 Å². The number of methoxy groups -OCH3 is 1. The lowest BCUT2D eigenvalue weighted by Crippen LogP contribution is -2.43. The molecule has 1 unspecified atom stereocenters. The SMILES string of the molecule is C=C1C(=O)O[C@H]2[C@H]1[C@@H](OC(=O)/C(C)=C/C)C/C(C)=C/C(=O)/C=C(/C)[C@H]2OC(OC)c1c(F)c(F)c(F)c(F)c1F. The van der Waals surface area contributed by atoms with Gasteiger partial charge in [0.25, 0.3) is 0 Å². The summed E-state index contributed by atoms with van der Waals surface area (Å²) in [6.45, 7) is 9.85. The number of allylic oxidation sites excluding steroid dienone is 3. The van der Waals surface area contributed by atoms with Crippen molar-refractivity contribution in [2.24, 2.45) is 5.92 Å². The average Bonchev–Trinajstić information content (AvgIpc) is 3.19. The molecule has 1 aliphatic heterocycles. The first-order valence-corrected chi connectivity index (χ1v) is 12.1. The Morgan fingerprint density at radius 1 is 1.05 bits per heavy atom. The molecule has 216 valence electrons. The maximum absolute atomic E-state index is 14.6. The molecule has 0 N–H and O–H groups in total. The summed E-state index contributed by atoms with van der Waals surface area (Å²) in [5.74, 6) is -14.5. The minimum absolute atomic E-state index is 0.0315. The molecule has 40 heavy (non-hydrogen) atoms. The smallest absolute Gasteiger partial charge is 0.334 e. The van der Waals surface area contributed by atoms with Gasteiger partial charge in [0.2, 0.25) is 5.82 Å². The van der Waals surface area contributed by atoms with E-state index in [4.69, 9.17) is 18.9 Å². The molecular formula is C28H27F5O7. The van der Waals surface area contributed by atoms with E-state index in [1.165, 1.54) is 26.0 Å². The minimum Gasteiger partial charge on any atom is -0.458 e. The monoisotopic (exact) mass is 570 g/mol. The quantitative estimate of drug-likeness (QED) is 0.115. The van der Waals surface area contributed by atoms with E-state index in [9.17, 15) is 36.3 Å². The number of ketones is 1. The van der Waals surface area contributed by atoms with Crippen molar-refractivity contribution >= 4 is 17.7 Å². The highest BCUT2D eigenvalue weighted by Gasteiger charge is 2.50. The van der Waals surface area contributed by atoms with Gasteiger partial charge in [-0.3, -0.25) is 4.79 Å². The van der Waals surface area contributed by atoms with Gasteiger partial charge in [-0.1, -0.05) is 18.2 Å². The third-order valence-electron chi connectivity index (χ3n) is 6.67. The van der Waals surface area contributed by atoms with Crippen LogP contribution >= 0.6 is 0 Å². The predicted octanol–water partition coefficient (Wildman–Crippen LogP) is 5.25. The van der Waals surface area contributed by atoms with Crippen LogP contribution in [0.4, 0.5) is 22.0 Å². The zero-order valence-corrected chi connectivity index (χ0v) is 22.3. The Bertz CT molecular complexity index is 1320. The second-order valence-corrected chi connectivity index (χ2v) is 9.43. The van der Waals surface area contributed by atoms with Gasteiger partial charge in [0.1, 0.15) is 18.3 Å². The molecule has 0 aromatic heterocycles. The maximum Gasteiger partial charge on any atom is 0.334 e. The molecule has 7 nitrogen and oxygen atoms in total. The van der Waals surface area contributed by atoms with Crippen LogP contribution in [0, 0.1) is 35.0 Å². The highest BCUT2D eigenvalue weighted by molar-refractivity contribution is 6.00. The molecule has 1 aliphatic carbocycles. The molecule has 1 fully saturated rings. The zero-order valence-electron chi connectivity index (χ0n) is 22.3. The van der Waals surface area contributed by atoms with Crippen molar-refractivity contribution < 1.29 is 55.3 Å². The largest absolute Gasteiger partial charge is 0.458 e. The van der Waals surface area contributed by atoms with Gasteiger partial charge in [0.05, 0.1) is 11.5 Å². The Balaban J connectivity index is 2.18. The van der Waals surface area contributed by atoms with Crippen LogP contribution in [0.1, 0.15) is 46.0 Å². The number of halogens is 5. The molecule has 5 atom stereocenters. The van der Waals surface area contributed by atoms with Crippen LogP contribution in [0.5, 0.6) is 0 Å². The Kier molecular flexibility index (Phi) is 9.47. The third-order valence-corrected chi connectivity index (χ3v) is 6.67. The van der Waals surface area contributed by atoms with Gasteiger partial charge in [-0.15, -0.1) is 0 Å². The van der Waals surface area contributed by atoms with Gasteiger partial charge in [-0.25, -0.2) is 31.5 Å². The fourth-order valence-electron chi connectivity index (χ4n) is 4.50. The van der Waals surface area contributed by atoms with E-state index in [-0.39, 0.29) is 23.1 Å². The molecule has 1 aromatic rings. The van der Waals surface area contributed by atoms with Crippen LogP contribution in [-0.2, 0) is 33.3 Å². The van der Waals surface area contributed by atoms with Crippen molar-refractivity contribution in [3.63, 3.8) is 0 Å². The first-order valence-electron chi connectivity index (χ1n) is 12.1. The van der Waals surface area contributed by atoms with Gasteiger partial charge >= 0.3 is 11.9 Å². The molecular weight excluding hydrogens is 543 g/mol. The fraction of sp³-hybridized carbons (Fsp3) is 0.393. The summed E-state index contributed by atoms with van der Waals surface area (Å²) < 4.78 is 92.8. The number of hydrogen-bond donors (Lipinski definition) is 0. The first-order chi connectivity index (χ1) is 18.7. The third kappa shape index (κ3) is 5.92. The number of esters is 2. The van der Waals surface area contributed by atoms with Crippen molar-refractivity contribution in [1.29, 1.82) is 0 Å². The Labute approximate surface area is 226 Å². The molecule has 1 saturated heterocycles. The van der Waals surface area contributed by atoms with E-state index in [0.29, 0.717) is 5.57 Å². The lowest BCUT2D eigenvalue weighted by molar-refractivity contribution is -0.190. The Morgan fingerprint density at radius 3 is 2.17 bits per heavy atom. The molecule has 0 radical (unpaired) electrons. The molecule has 0 bridgehead atoms. The molecule has 2 aliphatic rings. The van der Waals surface area contributed by atoms with Gasteiger partial charge in [0.15, 0.2) is 35.3 Å². The van der Waals surface area contributed by atoms with Crippen molar-refractivity contribution in [1.82, 2.24) is 0 Å². The lowest BCUT2D eigenvalue weighted by atomic mass is 9.82. The van der Waals surface area contributed by atoms with Crippen LogP contribution < -0.4 is 0 Å². The van der Waals surface area contributed by atoms with E-state index in [2.05, 4.69) is 6.58 Å². The molecule has 0 saturated carbocycles. The summed E-state index contributed by atoms with van der Waals surface area (Å²) >= 11 is 0. The highest BCUT2D eigenvalue weighted by atomic mass is 19.2. The number of carbonyl (C=O) groups excluding carboxylic acids is 3. The molecule has 1 aromatic carbocycles. The maximum atomic E-state index is 14.6. The predicted molar refractivity (Wildman–Crippen MR) is 130 cm³/mol. The van der Waals surface area contributed by atoms with E-state index < -0.39 is 82.9 Å². The average molecular weight is 571 g/mol. The summed E-state index contributed by atoms with van der Waals surface area (Å²) in [4.78, 5) is 38.1. The second-order valence-electron chi connectivity index (χ2n) is 9.43. The number of hydrogen-bond acceptors (Lipinski definition) is 7. The first kappa shape index (κ1) is 30.9. The molecule has 1 heterocycles. The van der Waals surface area contributed by atoms with E-state index in [1.807, 2.05) is 0 Å². The Hall–Kier alpha value is -3.64. The summed E-state index contributed by atoms with van der Waals surface area (Å²) in [6, 6.07) is 0. The normalized spacial score (nSPS) is 27.2. The van der Waals surface area contributed by atoms with E-state index in [1.54, 1.807) is 13.8 Å². The van der Waals surface area contributed by atoms with Crippen molar-refractivity contribution in [2.45, 2.75) is 58.7 Å². The zero-order chi connectivity index (χ0) is 30.0. The summed E-state index contributed by atoms with van der Waals surface area (Å²) in [6.07, 6.45) is -2.47. The van der Waals surface area contributed by atoms with Crippen LogP contribution in [0.3, 0.4) is 0 Å². The van der Waals surface area contributed by atoms with Gasteiger partial charge < -0.3 is 18.9 Å². The minimum atomic E-state index is -2.38. The second kappa shape index (κ2) is 12.3. The van der Waals surface area contributed by atoms with Crippen molar-refractivity contribution in [3.05, 3.63) is 81.7 Å². The van der Waals surface area contributed by atoms with Gasteiger partial charge in [0, 0.05) is 24.7 Å². The van der Waals surface area contributed by atoms with Crippen LogP contribution in [0.15, 0.2) is 47.1 Å². The summed E-state index contributed by atoms with van der Waals surface area (Å²) in [5, 5.41) is 0. The number of fused-ring (bicyclic) bond motifs is 1. The molecule has 0 amide bonds. The standard InChI is InChI=1S/C28H27F5O7/c1-7-12(3)26(35)38-16-9-11(2)8-15(34)10-13(4)24(25-17(16)14(5)27(36)39-25)40-28(37-6)18-19(29)21(31)23(33)22(32)20(18)30/h7-8,10,16-17,24-25,28H,5,9H2,1-4,6H3/b11-8+,12-7+,13-10-/t16-,17+,24+,25-,28?/m0/s1. The fourth-order valence-corrected chi connectivity index (χ4v) is 4.50. The summed E-state index contributed by atoms with van der Waals surface area (Å²) in [7, 11) is 0.890. The molecule has 12 heteroatoms. The number of benzene rings is 1. The number of ether oxygens (including phenoxy) is 4. The molecule has 0 spiro atoms. The number of carbonyl (C=O) groups is 3. The summed E-state index contributed by atoms with van der Waals surface area (Å²) in [5.41, 5.74) is -0.762. The van der Waals surface area contributed by atoms with Gasteiger partial charge in [-0.2, -0.15) is 0 Å². The van der Waals surface area contributed by atoms with Crippen molar-refractivity contribution in [2.75, 3.05) is 7.11 Å².